The summed E-state index contributed by atoms with van der Waals surface area (Å²) >= 11 is 0. The van der Waals surface area contributed by atoms with Crippen LogP contribution in [0.25, 0.3) is 5.69 Å². The number of para-hydroxylation sites is 1. The lowest BCUT2D eigenvalue weighted by molar-refractivity contribution is -0.118. The Labute approximate surface area is 253 Å². The minimum Gasteiger partial charge on any atom is -0.497 e. The molecule has 4 aromatic rings. The molecule has 0 spiro atoms. The third-order valence-corrected chi connectivity index (χ3v) is 8.08. The molecule has 0 fully saturated rings. The molecule has 0 saturated carbocycles. The Bertz CT molecular complexity index is 1530. The Morgan fingerprint density at radius 1 is 0.907 bits per heavy atom. The minimum atomic E-state index is -0.0542. The Morgan fingerprint density at radius 2 is 1.65 bits per heavy atom. The molecule has 0 bridgehead atoms. The Hall–Kier alpha value is -4.50. The second-order valence-electron chi connectivity index (χ2n) is 11.3. The lowest BCUT2D eigenvalue weighted by Gasteiger charge is -2.30. The predicted molar refractivity (Wildman–Crippen MR) is 168 cm³/mol. The summed E-state index contributed by atoms with van der Waals surface area (Å²) in [5.41, 5.74) is 5.23. The molecule has 1 aliphatic rings. The van der Waals surface area contributed by atoms with Gasteiger partial charge in [0.15, 0.2) is 0 Å². The van der Waals surface area contributed by atoms with Crippen molar-refractivity contribution in [1.82, 2.24) is 24.6 Å². The van der Waals surface area contributed by atoms with Crippen molar-refractivity contribution in [2.45, 2.75) is 46.2 Å². The first-order valence-corrected chi connectivity index (χ1v) is 14.8. The van der Waals surface area contributed by atoms with Gasteiger partial charge in [-0.1, -0.05) is 36.4 Å². The van der Waals surface area contributed by atoms with E-state index in [9.17, 15) is 9.59 Å². The summed E-state index contributed by atoms with van der Waals surface area (Å²) in [4.78, 5) is 34.3. The van der Waals surface area contributed by atoms with Gasteiger partial charge in [-0.25, -0.2) is 0 Å². The maximum Gasteiger partial charge on any atom is 0.254 e. The van der Waals surface area contributed by atoms with E-state index in [0.717, 1.165) is 53.3 Å². The van der Waals surface area contributed by atoms with Crippen LogP contribution in [0, 0.1) is 6.92 Å². The van der Waals surface area contributed by atoms with Gasteiger partial charge in [-0.2, -0.15) is 0 Å². The zero-order valence-electron chi connectivity index (χ0n) is 25.4. The number of aromatic nitrogens is 3. The number of anilines is 1. The maximum absolute atomic E-state index is 14.1. The zero-order valence-corrected chi connectivity index (χ0v) is 25.4. The molecule has 0 N–H and O–H groups in total. The van der Waals surface area contributed by atoms with Gasteiger partial charge in [0, 0.05) is 50.0 Å². The summed E-state index contributed by atoms with van der Waals surface area (Å²) in [5.74, 6) is 0.746. The number of carbonyl (C=O) groups is 2. The smallest absolute Gasteiger partial charge is 0.254 e. The van der Waals surface area contributed by atoms with Crippen molar-refractivity contribution >= 4 is 17.5 Å². The Kier molecular flexibility index (Phi) is 9.51. The van der Waals surface area contributed by atoms with Crippen LogP contribution in [0.2, 0.25) is 0 Å². The molecule has 224 valence electrons. The van der Waals surface area contributed by atoms with Gasteiger partial charge in [0.2, 0.25) is 5.91 Å². The molecular weight excluding hydrogens is 540 g/mol. The second kappa shape index (κ2) is 13.6. The van der Waals surface area contributed by atoms with E-state index in [0.29, 0.717) is 31.2 Å². The number of rotatable bonds is 6. The number of aryl methyl sites for hydroxylation is 1. The van der Waals surface area contributed by atoms with Crippen LogP contribution in [0.4, 0.5) is 5.69 Å². The predicted octanol–water partition coefficient (Wildman–Crippen LogP) is 4.92. The molecule has 5 rings (SSSR count). The summed E-state index contributed by atoms with van der Waals surface area (Å²) in [7, 11) is 1.64. The number of hydrogen-bond donors (Lipinski definition) is 0. The first-order chi connectivity index (χ1) is 20.8. The highest BCUT2D eigenvalue weighted by Gasteiger charge is 2.26. The molecule has 0 unspecified atom stereocenters. The summed E-state index contributed by atoms with van der Waals surface area (Å²) in [5, 5.41) is 7.80. The number of benzene rings is 3. The van der Waals surface area contributed by atoms with Crippen molar-refractivity contribution in [1.29, 1.82) is 0 Å². The molecule has 2 amide bonds. The second-order valence-corrected chi connectivity index (χ2v) is 11.3. The highest BCUT2D eigenvalue weighted by atomic mass is 16.5. The van der Waals surface area contributed by atoms with Crippen LogP contribution in [0.3, 0.4) is 0 Å². The van der Waals surface area contributed by atoms with E-state index >= 15 is 0 Å². The molecule has 0 aliphatic carbocycles. The molecule has 0 atom stereocenters. The van der Waals surface area contributed by atoms with Crippen molar-refractivity contribution in [3.63, 3.8) is 0 Å². The van der Waals surface area contributed by atoms with Crippen molar-refractivity contribution in [3.8, 4) is 11.4 Å². The number of nitrogens with zero attached hydrogens (tertiary/aromatic N) is 6. The number of methoxy groups -OCH3 is 1. The first kappa shape index (κ1) is 30.0. The fourth-order valence-electron chi connectivity index (χ4n) is 5.69. The van der Waals surface area contributed by atoms with Crippen molar-refractivity contribution in [2.75, 3.05) is 38.2 Å². The van der Waals surface area contributed by atoms with Gasteiger partial charge in [0.1, 0.15) is 18.4 Å². The summed E-state index contributed by atoms with van der Waals surface area (Å²) in [6.07, 6.45) is 4.35. The van der Waals surface area contributed by atoms with Gasteiger partial charge in [-0.05, 0) is 74.2 Å². The number of hydrogen-bond acceptors (Lipinski definition) is 6. The average Bonchev–Trinajstić information content (AvgIpc) is 3.55. The van der Waals surface area contributed by atoms with Crippen LogP contribution >= 0.6 is 0 Å². The normalized spacial score (nSPS) is 14.7. The van der Waals surface area contributed by atoms with E-state index in [1.165, 1.54) is 0 Å². The van der Waals surface area contributed by atoms with E-state index in [1.807, 2.05) is 83.5 Å². The molecule has 1 aliphatic heterocycles. The van der Waals surface area contributed by atoms with Crippen molar-refractivity contribution in [2.24, 2.45) is 0 Å². The summed E-state index contributed by atoms with van der Waals surface area (Å²) < 4.78 is 7.08. The molecule has 3 aromatic carbocycles. The van der Waals surface area contributed by atoms with Crippen LogP contribution in [-0.4, -0.2) is 75.7 Å². The highest BCUT2D eigenvalue weighted by molar-refractivity contribution is 5.97. The minimum absolute atomic E-state index is 0.0376. The SMILES string of the molecule is COc1ccc(CC(=O)N2CCCN(C(C)C)CCN(C(=O)c3cccc(-n4cnnc4)c3)Cc3cccc(C)c32)cc1. The lowest BCUT2D eigenvalue weighted by Crippen LogP contribution is -2.41. The standard InChI is InChI=1S/C34H40N6O3/c1-25(2)37-16-7-17-40(32(41)20-27-12-14-31(43-4)15-13-27)33-26(3)8-5-10-29(33)22-38(19-18-37)34(42)28-9-6-11-30(21-28)39-23-35-36-24-39/h5-6,8-15,21,23-25H,7,16-20,22H2,1-4H3. The monoisotopic (exact) mass is 580 g/mol. The van der Waals surface area contributed by atoms with Crippen LogP contribution in [0.5, 0.6) is 5.75 Å². The highest BCUT2D eigenvalue weighted by Crippen LogP contribution is 2.29. The molecule has 9 heteroatoms. The summed E-state index contributed by atoms with van der Waals surface area (Å²) in [6, 6.07) is 21.6. The molecule has 2 heterocycles. The molecule has 1 aromatic heterocycles. The van der Waals surface area contributed by atoms with E-state index in [4.69, 9.17) is 4.74 Å². The van der Waals surface area contributed by atoms with Crippen molar-refractivity contribution < 1.29 is 14.3 Å². The number of carbonyl (C=O) groups excluding carboxylic acids is 2. The fourth-order valence-corrected chi connectivity index (χ4v) is 5.69. The van der Waals surface area contributed by atoms with Crippen molar-refractivity contribution in [3.05, 3.63) is 102 Å². The third kappa shape index (κ3) is 7.11. The lowest BCUT2D eigenvalue weighted by atomic mass is 10.0. The van der Waals surface area contributed by atoms with E-state index < -0.39 is 0 Å². The topological polar surface area (TPSA) is 83.8 Å². The van der Waals surface area contributed by atoms with E-state index in [-0.39, 0.29) is 18.2 Å². The number of amides is 2. The summed E-state index contributed by atoms with van der Waals surface area (Å²) in [6.45, 7) is 9.55. The van der Waals surface area contributed by atoms with E-state index in [1.54, 1.807) is 24.3 Å². The van der Waals surface area contributed by atoms with Gasteiger partial charge in [-0.15, -0.1) is 10.2 Å². The largest absolute Gasteiger partial charge is 0.497 e. The molecular formula is C34H40N6O3. The molecule has 0 saturated heterocycles. The van der Waals surface area contributed by atoms with Gasteiger partial charge in [0.05, 0.1) is 19.2 Å². The van der Waals surface area contributed by atoms with Gasteiger partial charge >= 0.3 is 0 Å². The van der Waals surface area contributed by atoms with Crippen LogP contribution < -0.4 is 9.64 Å². The average molecular weight is 581 g/mol. The Balaban J connectivity index is 1.50. The molecule has 0 radical (unpaired) electrons. The molecule has 9 nitrogen and oxygen atoms in total. The first-order valence-electron chi connectivity index (χ1n) is 14.8. The third-order valence-electron chi connectivity index (χ3n) is 8.08. The molecule has 43 heavy (non-hydrogen) atoms. The van der Waals surface area contributed by atoms with Crippen LogP contribution in [0.1, 0.15) is 47.3 Å². The number of fused-ring (bicyclic) bond motifs is 1. The maximum atomic E-state index is 14.1. The van der Waals surface area contributed by atoms with Gasteiger partial charge < -0.3 is 14.5 Å². The quantitative estimate of drug-likeness (QED) is 0.322. The van der Waals surface area contributed by atoms with Gasteiger partial charge in [-0.3, -0.25) is 19.1 Å². The zero-order chi connectivity index (χ0) is 30.3. The van der Waals surface area contributed by atoms with Crippen LogP contribution in [0.15, 0.2) is 79.4 Å². The Morgan fingerprint density at radius 3 is 2.37 bits per heavy atom. The number of ether oxygens (including phenoxy) is 1. The van der Waals surface area contributed by atoms with Gasteiger partial charge in [0.25, 0.3) is 5.91 Å². The van der Waals surface area contributed by atoms with E-state index in [2.05, 4.69) is 28.9 Å². The fraction of sp³-hybridized carbons (Fsp3) is 0.353. The van der Waals surface area contributed by atoms with Crippen LogP contribution in [-0.2, 0) is 17.8 Å².